The minimum absolute atomic E-state index is 0.166. The van der Waals surface area contributed by atoms with Crippen molar-refractivity contribution in [2.75, 3.05) is 13.1 Å². The van der Waals surface area contributed by atoms with Crippen LogP contribution in [0.2, 0.25) is 0 Å². The number of rotatable bonds is 2. The van der Waals surface area contributed by atoms with Gasteiger partial charge in [0.25, 0.3) is 0 Å². The predicted molar refractivity (Wildman–Crippen MR) is 81.8 cm³/mol. The highest BCUT2D eigenvalue weighted by Crippen LogP contribution is 2.36. The van der Waals surface area contributed by atoms with Crippen LogP contribution >= 0.6 is 0 Å². The second-order valence-corrected chi connectivity index (χ2v) is 7.18. The maximum atomic E-state index is 9.65. The van der Waals surface area contributed by atoms with Crippen LogP contribution in [0.4, 0.5) is 0 Å². The van der Waals surface area contributed by atoms with Gasteiger partial charge in [0.2, 0.25) is 0 Å². The Morgan fingerprint density at radius 1 is 1.25 bits per heavy atom. The minimum atomic E-state index is 0.166. The van der Waals surface area contributed by atoms with Crippen molar-refractivity contribution in [1.82, 2.24) is 10.2 Å². The second kappa shape index (κ2) is 5.05. The number of benzene rings is 1. The first kappa shape index (κ1) is 13.9. The van der Waals surface area contributed by atoms with Crippen LogP contribution in [0.1, 0.15) is 45.1 Å². The summed E-state index contributed by atoms with van der Waals surface area (Å²) < 4.78 is 0. The third-order valence-corrected chi connectivity index (χ3v) is 5.09. The van der Waals surface area contributed by atoms with E-state index >= 15 is 0 Å². The summed E-state index contributed by atoms with van der Waals surface area (Å²) in [6.07, 6.45) is 5.32. The van der Waals surface area contributed by atoms with E-state index in [0.29, 0.717) is 11.3 Å². The average molecular weight is 274 g/mol. The van der Waals surface area contributed by atoms with Crippen LogP contribution in [0.3, 0.4) is 0 Å². The van der Waals surface area contributed by atoms with Crippen molar-refractivity contribution in [3.8, 4) is 5.75 Å². The first-order valence-electron chi connectivity index (χ1n) is 7.77. The van der Waals surface area contributed by atoms with Crippen LogP contribution in [0.5, 0.6) is 5.75 Å². The van der Waals surface area contributed by atoms with E-state index in [4.69, 9.17) is 0 Å². The lowest BCUT2D eigenvalue weighted by molar-refractivity contribution is 0.0217. The van der Waals surface area contributed by atoms with Gasteiger partial charge in [-0.3, -0.25) is 4.90 Å². The van der Waals surface area contributed by atoms with Gasteiger partial charge in [-0.25, -0.2) is 0 Å². The van der Waals surface area contributed by atoms with Crippen molar-refractivity contribution >= 4 is 0 Å². The molecule has 20 heavy (non-hydrogen) atoms. The van der Waals surface area contributed by atoms with Crippen LogP contribution in [0.15, 0.2) is 24.3 Å². The molecule has 1 aromatic carbocycles. The molecule has 1 aromatic rings. The Kier molecular flexibility index (Phi) is 3.51. The molecule has 1 aliphatic carbocycles. The Labute approximate surface area is 122 Å². The average Bonchev–Trinajstić information content (AvgIpc) is 2.84. The molecule has 3 rings (SSSR count). The molecule has 0 atom stereocenters. The van der Waals surface area contributed by atoms with Crippen molar-refractivity contribution in [2.24, 2.45) is 0 Å². The Morgan fingerprint density at radius 2 is 2.00 bits per heavy atom. The molecule has 1 saturated carbocycles. The highest BCUT2D eigenvalue weighted by molar-refractivity contribution is 5.27. The van der Waals surface area contributed by atoms with Gasteiger partial charge in [-0.2, -0.15) is 0 Å². The SMILES string of the molecule is CC1(C)CNC2(CCCC2)CN1Cc1cccc(O)c1. The summed E-state index contributed by atoms with van der Waals surface area (Å²) in [5, 5.41) is 13.5. The number of phenols is 1. The monoisotopic (exact) mass is 274 g/mol. The van der Waals surface area contributed by atoms with Crippen molar-refractivity contribution in [2.45, 2.75) is 57.2 Å². The summed E-state index contributed by atoms with van der Waals surface area (Å²) >= 11 is 0. The van der Waals surface area contributed by atoms with Crippen molar-refractivity contribution < 1.29 is 5.11 Å². The molecule has 1 spiro atoms. The van der Waals surface area contributed by atoms with E-state index in [9.17, 15) is 5.11 Å². The molecule has 1 saturated heterocycles. The summed E-state index contributed by atoms with van der Waals surface area (Å²) in [6.45, 7) is 7.71. The van der Waals surface area contributed by atoms with Gasteiger partial charge in [0, 0.05) is 30.7 Å². The fraction of sp³-hybridized carbons (Fsp3) is 0.647. The van der Waals surface area contributed by atoms with E-state index in [2.05, 4.69) is 30.1 Å². The van der Waals surface area contributed by atoms with Crippen molar-refractivity contribution in [3.63, 3.8) is 0 Å². The molecule has 2 fully saturated rings. The molecular weight excluding hydrogens is 248 g/mol. The molecule has 0 unspecified atom stereocenters. The molecule has 1 heterocycles. The van der Waals surface area contributed by atoms with Crippen LogP contribution in [-0.2, 0) is 6.54 Å². The van der Waals surface area contributed by atoms with E-state index in [0.717, 1.165) is 19.6 Å². The van der Waals surface area contributed by atoms with Gasteiger partial charge in [-0.05, 0) is 44.4 Å². The number of piperazine rings is 1. The predicted octanol–water partition coefficient (Wildman–Crippen LogP) is 2.89. The molecule has 1 aliphatic heterocycles. The van der Waals surface area contributed by atoms with Crippen LogP contribution in [0.25, 0.3) is 0 Å². The lowest BCUT2D eigenvalue weighted by Gasteiger charge is -2.51. The zero-order chi connectivity index (χ0) is 14.2. The fourth-order valence-corrected chi connectivity index (χ4v) is 3.68. The standard InChI is InChI=1S/C17H26N2O/c1-16(2)12-18-17(8-3-4-9-17)13-19(16)11-14-6-5-7-15(20)10-14/h5-7,10,18,20H,3-4,8-9,11-13H2,1-2H3. The number of nitrogens with one attached hydrogen (secondary N) is 1. The molecule has 3 nitrogen and oxygen atoms in total. The quantitative estimate of drug-likeness (QED) is 0.870. The van der Waals surface area contributed by atoms with Crippen LogP contribution in [-0.4, -0.2) is 34.2 Å². The van der Waals surface area contributed by atoms with Crippen molar-refractivity contribution in [3.05, 3.63) is 29.8 Å². The summed E-state index contributed by atoms with van der Waals surface area (Å²) in [6, 6.07) is 7.68. The van der Waals surface area contributed by atoms with E-state index in [1.165, 1.54) is 31.2 Å². The summed E-state index contributed by atoms with van der Waals surface area (Å²) in [5.74, 6) is 0.367. The lowest BCUT2D eigenvalue weighted by atomic mass is 9.87. The molecule has 0 aromatic heterocycles. The first-order chi connectivity index (χ1) is 9.49. The maximum Gasteiger partial charge on any atom is 0.115 e. The minimum Gasteiger partial charge on any atom is -0.508 e. The van der Waals surface area contributed by atoms with E-state index < -0.39 is 0 Å². The summed E-state index contributed by atoms with van der Waals surface area (Å²) in [4.78, 5) is 2.59. The van der Waals surface area contributed by atoms with Gasteiger partial charge < -0.3 is 10.4 Å². The normalized spacial score (nSPS) is 25.1. The Bertz CT molecular complexity index is 478. The zero-order valence-electron chi connectivity index (χ0n) is 12.7. The molecule has 2 N–H and O–H groups in total. The Hall–Kier alpha value is -1.06. The molecule has 2 aliphatic rings. The number of phenolic OH excluding ortho intramolecular Hbond substituents is 1. The molecule has 0 amide bonds. The number of hydrogen-bond acceptors (Lipinski definition) is 3. The third-order valence-electron chi connectivity index (χ3n) is 5.09. The molecule has 0 bridgehead atoms. The first-order valence-corrected chi connectivity index (χ1v) is 7.77. The largest absolute Gasteiger partial charge is 0.508 e. The van der Waals surface area contributed by atoms with Crippen molar-refractivity contribution in [1.29, 1.82) is 0 Å². The molecule has 3 heteroatoms. The zero-order valence-corrected chi connectivity index (χ0v) is 12.7. The Morgan fingerprint density at radius 3 is 2.70 bits per heavy atom. The second-order valence-electron chi connectivity index (χ2n) is 7.18. The van der Waals surface area contributed by atoms with Gasteiger partial charge >= 0.3 is 0 Å². The third kappa shape index (κ3) is 2.70. The van der Waals surface area contributed by atoms with Gasteiger partial charge in [-0.1, -0.05) is 25.0 Å². The molecule has 110 valence electrons. The highest BCUT2D eigenvalue weighted by Gasteiger charge is 2.43. The molecular formula is C17H26N2O. The number of hydrogen-bond donors (Lipinski definition) is 2. The smallest absolute Gasteiger partial charge is 0.115 e. The van der Waals surface area contributed by atoms with Gasteiger partial charge in [0.05, 0.1) is 0 Å². The van der Waals surface area contributed by atoms with Gasteiger partial charge in [0.1, 0.15) is 5.75 Å². The number of aromatic hydroxyl groups is 1. The molecule has 0 radical (unpaired) electrons. The van der Waals surface area contributed by atoms with Crippen LogP contribution in [0, 0.1) is 0 Å². The number of nitrogens with zero attached hydrogens (tertiary/aromatic N) is 1. The highest BCUT2D eigenvalue weighted by atomic mass is 16.3. The summed E-state index contributed by atoms with van der Waals surface area (Å²) in [5.41, 5.74) is 1.71. The van der Waals surface area contributed by atoms with E-state index in [1.54, 1.807) is 6.07 Å². The maximum absolute atomic E-state index is 9.65. The fourth-order valence-electron chi connectivity index (χ4n) is 3.68. The van der Waals surface area contributed by atoms with Crippen LogP contribution < -0.4 is 5.32 Å². The van der Waals surface area contributed by atoms with Gasteiger partial charge in [-0.15, -0.1) is 0 Å². The van der Waals surface area contributed by atoms with E-state index in [1.807, 2.05) is 12.1 Å². The Balaban J connectivity index is 1.78. The lowest BCUT2D eigenvalue weighted by Crippen LogP contribution is -2.66. The van der Waals surface area contributed by atoms with E-state index in [-0.39, 0.29) is 5.54 Å². The van der Waals surface area contributed by atoms with Gasteiger partial charge in [0.15, 0.2) is 0 Å². The summed E-state index contributed by atoms with van der Waals surface area (Å²) in [7, 11) is 0. The topological polar surface area (TPSA) is 35.5 Å².